The number of unbranched alkanes of at least 4 members (excludes halogenated alkanes) is 6. The van der Waals surface area contributed by atoms with Crippen LogP contribution in [0.2, 0.25) is 0 Å². The average molecular weight is 794 g/mol. The number of nitrogens with one attached hydrogen (secondary N) is 3. The number of piperidine rings is 3. The second kappa shape index (κ2) is 23.1. The first-order chi connectivity index (χ1) is 25.8. The molecule has 2 bridgehead atoms. The number of aliphatic hydroxyl groups is 1. The van der Waals surface area contributed by atoms with Crippen molar-refractivity contribution in [2.75, 3.05) is 46.4 Å². The molecule has 53 heavy (non-hydrogen) atoms. The van der Waals surface area contributed by atoms with E-state index >= 15 is 0 Å². The molecule has 2 unspecified atom stereocenters. The number of aromatic nitrogens is 1. The number of hydrogen-bond donors (Lipinski definition) is 6. The van der Waals surface area contributed by atoms with Crippen LogP contribution in [0, 0.1) is 5.92 Å². The molecule has 0 aliphatic carbocycles. The monoisotopic (exact) mass is 792 g/mol. The van der Waals surface area contributed by atoms with Crippen molar-refractivity contribution >= 4 is 33.3 Å². The molecule has 0 radical (unpaired) electrons. The van der Waals surface area contributed by atoms with Gasteiger partial charge < -0.3 is 40.6 Å². The first-order valence-electron chi connectivity index (χ1n) is 19.0. The zero-order valence-electron chi connectivity index (χ0n) is 30.9. The summed E-state index contributed by atoms with van der Waals surface area (Å²) in [5.41, 5.74) is 3.14. The second-order valence-electron chi connectivity index (χ2n) is 13.8. The van der Waals surface area contributed by atoms with Crippen molar-refractivity contribution in [3.63, 3.8) is 0 Å². The molecule has 3 aliphatic rings. The maximum atomic E-state index is 11.6. The number of rotatable bonds is 17. The van der Waals surface area contributed by atoms with Crippen LogP contribution in [0.1, 0.15) is 93.0 Å². The number of benzene rings is 3. The molecule has 3 saturated heterocycles. The Morgan fingerprint density at radius 3 is 2.19 bits per heavy atom. The fourth-order valence-corrected chi connectivity index (χ4v) is 7.64. The summed E-state index contributed by atoms with van der Waals surface area (Å²) in [6.45, 7) is 5.90. The highest BCUT2D eigenvalue weighted by molar-refractivity contribution is 9.10. The van der Waals surface area contributed by atoms with Crippen LogP contribution in [0.4, 0.5) is 0 Å². The van der Waals surface area contributed by atoms with E-state index in [2.05, 4.69) is 72.8 Å². The average Bonchev–Trinajstić information content (AvgIpc) is 3.18. The van der Waals surface area contributed by atoms with Crippen molar-refractivity contribution in [3.05, 3.63) is 104 Å². The lowest BCUT2D eigenvalue weighted by atomic mass is 9.89. The number of aromatic hydroxyl groups is 1. The number of H-pyrrole nitrogens is 1. The summed E-state index contributed by atoms with van der Waals surface area (Å²) in [7, 11) is 1.98. The zero-order valence-corrected chi connectivity index (χ0v) is 32.5. The Hall–Kier alpha value is -3.74. The third-order valence-electron chi connectivity index (χ3n) is 10.1. The third-order valence-corrected chi connectivity index (χ3v) is 10.9. The molecule has 4 heterocycles. The van der Waals surface area contributed by atoms with Gasteiger partial charge in [0.2, 0.25) is 5.56 Å². The number of hydrogen-bond acceptors (Lipinski definition) is 8. The zero-order chi connectivity index (χ0) is 37.8. The van der Waals surface area contributed by atoms with Crippen LogP contribution in [0.5, 0.6) is 11.5 Å². The van der Waals surface area contributed by atoms with Gasteiger partial charge in [-0.25, -0.2) is 0 Å². The largest absolute Gasteiger partial charge is 0.506 e. The van der Waals surface area contributed by atoms with E-state index in [4.69, 9.17) is 14.6 Å². The highest BCUT2D eigenvalue weighted by Crippen LogP contribution is 2.32. The number of carbonyl (C=O) groups is 1. The molecule has 1 aromatic heterocycles. The van der Waals surface area contributed by atoms with Crippen molar-refractivity contribution < 1.29 is 24.9 Å². The van der Waals surface area contributed by atoms with Crippen LogP contribution in [-0.4, -0.2) is 78.1 Å². The van der Waals surface area contributed by atoms with Crippen LogP contribution in [0.15, 0.2) is 82.1 Å². The first kappa shape index (κ1) is 42.0. The van der Waals surface area contributed by atoms with Gasteiger partial charge >= 0.3 is 0 Å². The lowest BCUT2D eigenvalue weighted by molar-refractivity contribution is -0.122. The van der Waals surface area contributed by atoms with Gasteiger partial charge in [0.05, 0.1) is 24.3 Å². The summed E-state index contributed by atoms with van der Waals surface area (Å²) >= 11 is 3.71. The Balaban J connectivity index is 0.000000485. The molecule has 6 N–H and O–H groups in total. The Morgan fingerprint density at radius 2 is 1.57 bits per heavy atom. The minimum Gasteiger partial charge on any atom is -0.506 e. The smallest absolute Gasteiger partial charge is 0.290 e. The van der Waals surface area contributed by atoms with E-state index in [0.717, 1.165) is 60.5 Å². The van der Waals surface area contributed by atoms with E-state index in [1.165, 1.54) is 75.9 Å². The molecule has 0 spiro atoms. The Morgan fingerprint density at radius 1 is 0.906 bits per heavy atom. The number of fused-ring (bicyclic) bond motifs is 4. The molecule has 7 rings (SSSR count). The molecule has 11 heteroatoms. The van der Waals surface area contributed by atoms with Crippen molar-refractivity contribution in [3.8, 4) is 11.5 Å². The SMILES string of the molecule is C1CN2CCC1CC2.CNC(c1ccccc1)c1cc(OCCCCCCCCCNCC(O)c2ccc(O)c3[nH]c(=O)ccc23)ccc1Br.O=CO. The van der Waals surface area contributed by atoms with E-state index in [9.17, 15) is 15.0 Å². The molecule has 4 aromatic rings. The number of halogens is 1. The van der Waals surface area contributed by atoms with Crippen molar-refractivity contribution in [2.45, 2.75) is 76.4 Å². The molecule has 10 nitrogen and oxygen atoms in total. The van der Waals surface area contributed by atoms with Crippen molar-refractivity contribution in [1.82, 2.24) is 20.5 Å². The van der Waals surface area contributed by atoms with Crippen LogP contribution >= 0.6 is 15.9 Å². The van der Waals surface area contributed by atoms with Gasteiger partial charge in [-0.1, -0.05) is 84.4 Å². The molecule has 0 amide bonds. The predicted molar refractivity (Wildman–Crippen MR) is 216 cm³/mol. The number of ether oxygens (including phenoxy) is 1. The first-order valence-corrected chi connectivity index (χ1v) is 19.8. The molecular formula is C42H57BrN4O6. The van der Waals surface area contributed by atoms with Crippen molar-refractivity contribution in [2.24, 2.45) is 5.92 Å². The number of aromatic amines is 1. The van der Waals surface area contributed by atoms with Gasteiger partial charge in [0.15, 0.2) is 0 Å². The van der Waals surface area contributed by atoms with Crippen LogP contribution in [-0.2, 0) is 4.79 Å². The van der Waals surface area contributed by atoms with E-state index in [1.807, 2.05) is 19.2 Å². The Kier molecular flexibility index (Phi) is 18.3. The van der Waals surface area contributed by atoms with Gasteiger partial charge in [0.1, 0.15) is 11.5 Å². The standard InChI is InChI=1S/C34H42BrN3O4.C7H13N.CH2O2/c1-36-33(24-12-8-7-9-13-24)28-22-25(14-17-29(28)35)42-21-11-6-4-2-3-5-10-20-37-23-31(40)26-15-18-30(39)34-27(26)16-19-32(41)38-34;1-4-8-5-2-7(1)3-6-8;2-1-3/h7-9,12-19,22,31,33,36-37,39-40H,2-6,10-11,20-21,23H2,1H3,(H,38,41);7H,1-6H2;1H,(H,2,3). The van der Waals surface area contributed by atoms with E-state index in [0.29, 0.717) is 23.0 Å². The van der Waals surface area contributed by atoms with E-state index in [1.54, 1.807) is 12.1 Å². The number of pyridine rings is 1. The number of phenolic OH excluding ortho intramolecular Hbond substituents is 1. The normalized spacial score (nSPS) is 17.2. The Bertz CT molecular complexity index is 1690. The number of phenols is 1. The molecule has 2 atom stereocenters. The fourth-order valence-electron chi connectivity index (χ4n) is 7.17. The highest BCUT2D eigenvalue weighted by atomic mass is 79.9. The summed E-state index contributed by atoms with van der Waals surface area (Å²) in [5, 5.41) is 35.0. The molecule has 3 aromatic carbocycles. The van der Waals surface area contributed by atoms with E-state index < -0.39 is 6.10 Å². The summed E-state index contributed by atoms with van der Waals surface area (Å²) in [6.07, 6.45) is 11.7. The minimum absolute atomic E-state index is 0.000261. The van der Waals surface area contributed by atoms with Gasteiger partial charge in [0.25, 0.3) is 6.47 Å². The Labute approximate surface area is 322 Å². The number of nitrogens with zero attached hydrogens (tertiary/aromatic N) is 1. The lowest BCUT2D eigenvalue weighted by Gasteiger charge is -2.38. The van der Waals surface area contributed by atoms with Gasteiger partial charge in [-0.05, 0) is 118 Å². The topological polar surface area (TPSA) is 147 Å². The lowest BCUT2D eigenvalue weighted by Crippen LogP contribution is -2.41. The summed E-state index contributed by atoms with van der Waals surface area (Å²) < 4.78 is 7.15. The van der Waals surface area contributed by atoms with Gasteiger partial charge in [-0.3, -0.25) is 9.59 Å². The molecule has 288 valence electrons. The summed E-state index contributed by atoms with van der Waals surface area (Å²) in [4.78, 5) is 25.2. The predicted octanol–water partition coefficient (Wildman–Crippen LogP) is 7.54. The van der Waals surface area contributed by atoms with Gasteiger partial charge in [-0.2, -0.15) is 0 Å². The van der Waals surface area contributed by atoms with E-state index in [-0.39, 0.29) is 23.8 Å². The van der Waals surface area contributed by atoms with Crippen LogP contribution in [0.25, 0.3) is 10.9 Å². The molecule has 0 saturated carbocycles. The van der Waals surface area contributed by atoms with Crippen LogP contribution in [0.3, 0.4) is 0 Å². The summed E-state index contributed by atoms with van der Waals surface area (Å²) in [5.74, 6) is 2.01. The number of carboxylic acid groups (broad SMARTS) is 1. The number of aliphatic hydroxyl groups excluding tert-OH is 1. The molecule has 3 aliphatic heterocycles. The maximum Gasteiger partial charge on any atom is 0.290 e. The molecule has 3 fully saturated rings. The maximum absolute atomic E-state index is 11.6. The highest BCUT2D eigenvalue weighted by Gasteiger charge is 2.24. The minimum atomic E-state index is -0.723. The quantitative estimate of drug-likeness (QED) is 0.0472. The second-order valence-corrected chi connectivity index (χ2v) is 14.7. The fraction of sp³-hybridized carbons (Fsp3) is 0.476. The van der Waals surface area contributed by atoms with Gasteiger partial charge in [-0.15, -0.1) is 0 Å². The summed E-state index contributed by atoms with van der Waals surface area (Å²) in [6, 6.07) is 23.0. The van der Waals surface area contributed by atoms with Crippen molar-refractivity contribution in [1.29, 1.82) is 0 Å². The van der Waals surface area contributed by atoms with Gasteiger partial charge in [0, 0.05) is 22.5 Å². The molecular weight excluding hydrogens is 736 g/mol. The third kappa shape index (κ3) is 13.6. The van der Waals surface area contributed by atoms with Crippen LogP contribution < -0.4 is 20.9 Å².